The molecule has 0 saturated heterocycles. The van der Waals surface area contributed by atoms with Crippen molar-refractivity contribution in [2.75, 3.05) is 6.61 Å². The van der Waals surface area contributed by atoms with Gasteiger partial charge in [0.25, 0.3) is 0 Å². The summed E-state index contributed by atoms with van der Waals surface area (Å²) in [6.07, 6.45) is 0. The monoisotopic (exact) mass is 485 g/mol. The van der Waals surface area contributed by atoms with E-state index in [0.717, 1.165) is 15.9 Å². The average molecular weight is 486 g/mol. The van der Waals surface area contributed by atoms with Crippen molar-refractivity contribution in [3.05, 3.63) is 91.0 Å². The zero-order valence-corrected chi connectivity index (χ0v) is 19.5. The van der Waals surface area contributed by atoms with Gasteiger partial charge in [-0.1, -0.05) is 0 Å². The van der Waals surface area contributed by atoms with Crippen molar-refractivity contribution >= 4 is 48.6 Å². The van der Waals surface area contributed by atoms with Gasteiger partial charge in [0, 0.05) is 0 Å². The topological polar surface area (TPSA) is 55.4 Å². The Bertz CT molecular complexity index is 913. The number of benzene rings is 3. The van der Waals surface area contributed by atoms with E-state index < -0.39 is 17.1 Å². The van der Waals surface area contributed by atoms with E-state index in [2.05, 4.69) is 20.8 Å². The maximum atomic E-state index is 13.4. The van der Waals surface area contributed by atoms with Crippen LogP contribution < -0.4 is 21.2 Å². The third-order valence-electron chi connectivity index (χ3n) is 5.12. The van der Waals surface area contributed by atoms with Gasteiger partial charge >= 0.3 is 185 Å². The predicted molar refractivity (Wildman–Crippen MR) is 128 cm³/mol. The van der Waals surface area contributed by atoms with Crippen LogP contribution in [0.4, 0.5) is 0 Å². The molecule has 0 bridgehead atoms. The second kappa shape index (κ2) is 9.11. The van der Waals surface area contributed by atoms with E-state index in [0.29, 0.717) is 0 Å². The Morgan fingerprint density at radius 3 is 1.50 bits per heavy atom. The van der Waals surface area contributed by atoms with Gasteiger partial charge in [-0.05, 0) is 0 Å². The zero-order chi connectivity index (χ0) is 21.6. The fourth-order valence-corrected chi connectivity index (χ4v) is 11.7. The molecule has 6 heteroatoms. The second-order valence-electron chi connectivity index (χ2n) is 6.94. The van der Waals surface area contributed by atoms with Crippen molar-refractivity contribution in [2.45, 2.75) is 19.6 Å². The van der Waals surface area contributed by atoms with Crippen molar-refractivity contribution in [1.29, 1.82) is 0 Å². The van der Waals surface area contributed by atoms with Crippen LogP contribution in [0.25, 0.3) is 0 Å². The third-order valence-corrected chi connectivity index (χ3v) is 15.3. The molecule has 156 valence electrons. The first-order valence-corrected chi connectivity index (χ1v) is 14.1. The van der Waals surface area contributed by atoms with E-state index >= 15 is 0 Å². The van der Waals surface area contributed by atoms with Crippen LogP contribution in [0.2, 0.25) is 0 Å². The van der Waals surface area contributed by atoms with Crippen LogP contribution in [0.1, 0.15) is 13.8 Å². The number of halogens is 1. The molecule has 0 radical (unpaired) electrons. The van der Waals surface area contributed by atoms with E-state index in [9.17, 15) is 9.59 Å². The summed E-state index contributed by atoms with van der Waals surface area (Å²) in [5, 5.41) is 1.98. The summed E-state index contributed by atoms with van der Waals surface area (Å²) in [5.41, 5.74) is 0. The van der Waals surface area contributed by atoms with E-state index in [1.54, 1.807) is 6.92 Å². The molecule has 0 fully saturated rings. The molecule has 0 aliphatic carbocycles. The molecule has 0 aromatic heterocycles. The molecule has 0 saturated carbocycles. The summed E-state index contributed by atoms with van der Waals surface area (Å²) >= 11 is 4.20. The molecule has 0 aliphatic heterocycles. The predicted octanol–water partition coefficient (Wildman–Crippen LogP) is 3.85. The molecule has 30 heavy (non-hydrogen) atoms. The van der Waals surface area contributed by atoms with Crippen molar-refractivity contribution in [3.63, 3.8) is 0 Å². The fraction of sp³-hybridized carbons (Fsp3) is 0.167. The van der Waals surface area contributed by atoms with Gasteiger partial charge in [0.1, 0.15) is 0 Å². The quantitative estimate of drug-likeness (QED) is 0.408. The van der Waals surface area contributed by atoms with E-state index in [1.165, 1.54) is 6.92 Å². The molecule has 0 spiro atoms. The summed E-state index contributed by atoms with van der Waals surface area (Å²) in [6, 6.07) is 29.5. The Hall–Kier alpha value is -2.49. The number of carbonyl (C=O) groups excluding carboxylic acids is 2. The summed E-state index contributed by atoms with van der Waals surface area (Å²) in [4.78, 5) is 25.7. The molecular weight excluding hydrogens is 461 g/mol. The van der Waals surface area contributed by atoms with Crippen molar-refractivity contribution in [2.24, 2.45) is 0 Å². The fourth-order valence-electron chi connectivity index (χ4n) is 3.84. The molecule has 0 aliphatic rings. The van der Waals surface area contributed by atoms with Crippen LogP contribution in [0, 0.1) is 0 Å². The zero-order valence-electron chi connectivity index (χ0n) is 17.0. The van der Waals surface area contributed by atoms with E-state index in [-0.39, 0.29) is 12.5 Å². The number of rotatable bonds is 7. The third kappa shape index (κ3) is 3.68. The summed E-state index contributed by atoms with van der Waals surface area (Å²) in [6.45, 7) is 3.40. The first kappa shape index (κ1) is 22.2. The van der Waals surface area contributed by atoms with Gasteiger partial charge in [-0.25, -0.2) is 0 Å². The molecule has 4 nitrogen and oxygen atoms in total. The van der Waals surface area contributed by atoms with Gasteiger partial charge < -0.3 is 0 Å². The normalized spacial score (nSPS) is 13.5. The van der Waals surface area contributed by atoms with Gasteiger partial charge in [0.15, 0.2) is 0 Å². The Morgan fingerprint density at radius 2 is 1.20 bits per heavy atom. The van der Waals surface area contributed by atoms with Gasteiger partial charge in [-0.15, -0.1) is 0 Å². The number of esters is 1. The number of amides is 1. The van der Waals surface area contributed by atoms with E-state index in [1.807, 2.05) is 91.0 Å². The van der Waals surface area contributed by atoms with Crippen LogP contribution in [0.3, 0.4) is 0 Å². The molecule has 1 atom stereocenters. The number of carbonyl (C=O) groups is 2. The molecule has 1 N–H and O–H groups in total. The number of hydrogen-bond acceptors (Lipinski definition) is 3. The Labute approximate surface area is 185 Å². The van der Waals surface area contributed by atoms with Crippen molar-refractivity contribution in [3.8, 4) is 0 Å². The average Bonchev–Trinajstić information content (AvgIpc) is 2.79. The minimum absolute atomic E-state index is 0.215. The minimum atomic E-state index is -3.74. The Morgan fingerprint density at radius 1 is 0.833 bits per heavy atom. The first-order chi connectivity index (χ1) is 14.4. The van der Waals surface area contributed by atoms with Crippen LogP contribution in [-0.4, -0.2) is 24.3 Å². The van der Waals surface area contributed by atoms with Crippen LogP contribution in [0.15, 0.2) is 91.0 Å². The van der Waals surface area contributed by atoms with Gasteiger partial charge in [-0.2, -0.15) is 0 Å². The van der Waals surface area contributed by atoms with Crippen molar-refractivity contribution < 1.29 is 14.3 Å². The molecular formula is C24H25BrNO3P. The van der Waals surface area contributed by atoms with E-state index in [4.69, 9.17) is 4.74 Å². The molecule has 1 amide bonds. The molecule has 3 rings (SSSR count). The number of ether oxygens (including phenoxy) is 1. The SMILES string of the molecule is CCOC(=O)C(NC(C)=O)P(Br)(c1ccccc1)(c1ccccc1)c1ccccc1. The van der Waals surface area contributed by atoms with Crippen LogP contribution in [-0.2, 0) is 14.3 Å². The maximum absolute atomic E-state index is 13.4. The molecule has 3 aromatic carbocycles. The Balaban J connectivity index is 2.51. The van der Waals surface area contributed by atoms with Gasteiger partial charge in [0.05, 0.1) is 0 Å². The summed E-state index contributed by atoms with van der Waals surface area (Å²) in [5.74, 6) is -1.72. The standard InChI is InChI=1S/C24H25BrNO3P/c1-3-29-24(28)23(26-19(2)27)30(25,20-13-7-4-8-14-20,21-15-9-5-10-16-21)22-17-11-6-12-18-22/h4-18,23H,3H2,1-2H3,(H,26,27). The van der Waals surface area contributed by atoms with Crippen LogP contribution >= 0.6 is 20.8 Å². The molecule has 1 unspecified atom stereocenters. The van der Waals surface area contributed by atoms with Gasteiger partial charge in [-0.3, -0.25) is 0 Å². The second-order valence-corrected chi connectivity index (χ2v) is 15.6. The summed E-state index contributed by atoms with van der Waals surface area (Å²) in [7, 11) is 0. The van der Waals surface area contributed by atoms with Crippen molar-refractivity contribution in [1.82, 2.24) is 5.32 Å². The Kier molecular flexibility index (Phi) is 6.74. The molecule has 3 aromatic rings. The van der Waals surface area contributed by atoms with Gasteiger partial charge in [0.2, 0.25) is 0 Å². The summed E-state index contributed by atoms with van der Waals surface area (Å²) < 4.78 is 5.49. The molecule has 0 heterocycles. The number of hydrogen-bond donors (Lipinski definition) is 1. The first-order valence-electron chi connectivity index (χ1n) is 9.77. The van der Waals surface area contributed by atoms with Crippen LogP contribution in [0.5, 0.6) is 0 Å². The number of nitrogens with one attached hydrogen (secondary N) is 1.